The van der Waals surface area contributed by atoms with Crippen molar-refractivity contribution in [2.75, 3.05) is 19.8 Å². The molecule has 5 nitrogen and oxygen atoms in total. The van der Waals surface area contributed by atoms with Crippen LogP contribution < -0.4 is 0 Å². The standard InChI is InChI=1S/C25H48O5/c1-2-3-4-5-6-7-8-9-10-11-12-13-14-15-16-17-18-19-29-23-21-30-25(24(23)28)22(27)20-26/h7-8,22-28H,2-6,9-21H2,1H3/b8-7+/t22-,23+,24+,25+/m0/s1. The summed E-state index contributed by atoms with van der Waals surface area (Å²) < 4.78 is 11.0. The number of aliphatic hydroxyl groups excluding tert-OH is 3. The Kier molecular flexibility index (Phi) is 17.7. The highest BCUT2D eigenvalue weighted by Crippen LogP contribution is 2.20. The molecule has 0 radical (unpaired) electrons. The van der Waals surface area contributed by atoms with Crippen LogP contribution in [0.3, 0.4) is 0 Å². The van der Waals surface area contributed by atoms with Crippen LogP contribution in [-0.2, 0) is 9.47 Å². The minimum absolute atomic E-state index is 0.275. The summed E-state index contributed by atoms with van der Waals surface area (Å²) in [6.07, 6.45) is 21.0. The van der Waals surface area contributed by atoms with Crippen molar-refractivity contribution in [3.63, 3.8) is 0 Å². The fraction of sp³-hybridized carbons (Fsp3) is 0.920. The quantitative estimate of drug-likeness (QED) is 0.190. The molecule has 0 bridgehead atoms. The summed E-state index contributed by atoms with van der Waals surface area (Å²) in [6, 6.07) is 0. The molecule has 0 amide bonds. The Morgan fingerprint density at radius 1 is 0.867 bits per heavy atom. The Hall–Kier alpha value is -0.460. The summed E-state index contributed by atoms with van der Waals surface area (Å²) in [4.78, 5) is 0. The lowest BCUT2D eigenvalue weighted by Crippen LogP contribution is -2.41. The van der Waals surface area contributed by atoms with Gasteiger partial charge < -0.3 is 24.8 Å². The lowest BCUT2D eigenvalue weighted by Gasteiger charge is -2.20. The molecular weight excluding hydrogens is 380 g/mol. The zero-order chi connectivity index (χ0) is 21.9. The topological polar surface area (TPSA) is 79.2 Å². The fourth-order valence-corrected chi connectivity index (χ4v) is 3.97. The average molecular weight is 429 g/mol. The van der Waals surface area contributed by atoms with Crippen molar-refractivity contribution in [3.05, 3.63) is 12.2 Å². The fourth-order valence-electron chi connectivity index (χ4n) is 3.97. The Morgan fingerprint density at radius 3 is 1.97 bits per heavy atom. The molecule has 0 aromatic carbocycles. The molecule has 1 aliphatic heterocycles. The molecule has 0 aliphatic carbocycles. The highest BCUT2D eigenvalue weighted by molar-refractivity contribution is 4.88. The number of hydrogen-bond acceptors (Lipinski definition) is 5. The maximum absolute atomic E-state index is 10.1. The van der Waals surface area contributed by atoms with Crippen molar-refractivity contribution in [2.24, 2.45) is 0 Å². The summed E-state index contributed by atoms with van der Waals surface area (Å²) in [7, 11) is 0. The number of rotatable bonds is 20. The molecule has 1 heterocycles. The van der Waals surface area contributed by atoms with Gasteiger partial charge in [0.15, 0.2) is 0 Å². The molecule has 178 valence electrons. The van der Waals surface area contributed by atoms with E-state index < -0.39 is 31.0 Å². The minimum Gasteiger partial charge on any atom is -0.394 e. The van der Waals surface area contributed by atoms with Crippen LogP contribution >= 0.6 is 0 Å². The van der Waals surface area contributed by atoms with E-state index in [0.29, 0.717) is 6.61 Å². The summed E-state index contributed by atoms with van der Waals surface area (Å²) in [5, 5.41) is 28.6. The molecule has 1 aliphatic rings. The molecule has 1 fully saturated rings. The van der Waals surface area contributed by atoms with Gasteiger partial charge in [0, 0.05) is 6.61 Å². The van der Waals surface area contributed by atoms with Crippen LogP contribution in [0.4, 0.5) is 0 Å². The van der Waals surface area contributed by atoms with E-state index in [1.54, 1.807) is 0 Å². The van der Waals surface area contributed by atoms with Gasteiger partial charge in [-0.1, -0.05) is 83.3 Å². The second-order valence-electron chi connectivity index (χ2n) is 8.74. The molecule has 4 atom stereocenters. The van der Waals surface area contributed by atoms with Crippen molar-refractivity contribution < 1.29 is 24.8 Å². The van der Waals surface area contributed by atoms with E-state index in [1.165, 1.54) is 83.5 Å². The van der Waals surface area contributed by atoms with Gasteiger partial charge in [0.05, 0.1) is 13.2 Å². The first-order chi connectivity index (χ1) is 14.7. The van der Waals surface area contributed by atoms with Gasteiger partial charge in [-0.05, 0) is 32.1 Å². The third kappa shape index (κ3) is 13.1. The zero-order valence-electron chi connectivity index (χ0n) is 19.4. The summed E-state index contributed by atoms with van der Waals surface area (Å²) in [5.41, 5.74) is 0. The second-order valence-corrected chi connectivity index (χ2v) is 8.74. The number of aliphatic hydroxyl groups is 3. The molecule has 0 saturated carbocycles. The first-order valence-corrected chi connectivity index (χ1v) is 12.6. The van der Waals surface area contributed by atoms with Crippen LogP contribution in [-0.4, -0.2) is 59.6 Å². The molecule has 3 N–H and O–H groups in total. The van der Waals surface area contributed by atoms with E-state index in [2.05, 4.69) is 19.1 Å². The molecule has 30 heavy (non-hydrogen) atoms. The van der Waals surface area contributed by atoms with Crippen molar-refractivity contribution >= 4 is 0 Å². The molecule has 0 spiro atoms. The molecule has 5 heteroatoms. The van der Waals surface area contributed by atoms with Gasteiger partial charge in [0.25, 0.3) is 0 Å². The van der Waals surface area contributed by atoms with E-state index in [1.807, 2.05) is 0 Å². The number of allylic oxidation sites excluding steroid dienone is 2. The summed E-state index contributed by atoms with van der Waals surface area (Å²) in [5.74, 6) is 0. The normalized spacial score (nSPS) is 22.9. The van der Waals surface area contributed by atoms with Crippen molar-refractivity contribution in [1.82, 2.24) is 0 Å². The largest absolute Gasteiger partial charge is 0.394 e. The van der Waals surface area contributed by atoms with Crippen LogP contribution in [0, 0.1) is 0 Å². The van der Waals surface area contributed by atoms with Gasteiger partial charge >= 0.3 is 0 Å². The SMILES string of the molecule is CCCCCC/C=C/CCCCCCCCCCCO[C@@H]1CO[C@H]([C@@H](O)CO)[C@@H]1O. The van der Waals surface area contributed by atoms with Gasteiger partial charge in [-0.15, -0.1) is 0 Å². The highest BCUT2D eigenvalue weighted by atomic mass is 16.6. The molecule has 0 unspecified atom stereocenters. The Morgan fingerprint density at radius 2 is 1.40 bits per heavy atom. The monoisotopic (exact) mass is 428 g/mol. The maximum atomic E-state index is 10.1. The minimum atomic E-state index is -1.05. The number of hydrogen-bond donors (Lipinski definition) is 3. The van der Waals surface area contributed by atoms with Crippen molar-refractivity contribution in [1.29, 1.82) is 0 Å². The van der Waals surface area contributed by atoms with E-state index in [-0.39, 0.29) is 6.61 Å². The lowest BCUT2D eigenvalue weighted by atomic mass is 10.1. The average Bonchev–Trinajstić information content (AvgIpc) is 3.12. The number of unbranched alkanes of at least 4 members (excludes halogenated alkanes) is 13. The molecule has 1 rings (SSSR count). The Labute approximate surface area is 184 Å². The van der Waals surface area contributed by atoms with Crippen LogP contribution in [0.1, 0.15) is 103 Å². The van der Waals surface area contributed by atoms with Crippen molar-refractivity contribution in [2.45, 2.75) is 128 Å². The van der Waals surface area contributed by atoms with E-state index in [0.717, 1.165) is 12.8 Å². The molecular formula is C25H48O5. The predicted molar refractivity (Wildman–Crippen MR) is 123 cm³/mol. The third-order valence-corrected chi connectivity index (χ3v) is 5.97. The van der Waals surface area contributed by atoms with Gasteiger partial charge in [-0.2, -0.15) is 0 Å². The second kappa shape index (κ2) is 19.2. The molecule has 1 saturated heterocycles. The number of ether oxygens (including phenoxy) is 2. The summed E-state index contributed by atoms with van der Waals surface area (Å²) in [6.45, 7) is 2.73. The lowest BCUT2D eigenvalue weighted by molar-refractivity contribution is -0.0730. The van der Waals surface area contributed by atoms with Gasteiger partial charge in [0.1, 0.15) is 24.4 Å². The molecule has 0 aromatic rings. The van der Waals surface area contributed by atoms with Crippen LogP contribution in [0.25, 0.3) is 0 Å². The molecule has 0 aromatic heterocycles. The Bertz CT molecular complexity index is 401. The van der Waals surface area contributed by atoms with E-state index in [9.17, 15) is 10.2 Å². The van der Waals surface area contributed by atoms with Gasteiger partial charge in [-0.3, -0.25) is 0 Å². The van der Waals surface area contributed by atoms with Crippen molar-refractivity contribution in [3.8, 4) is 0 Å². The highest BCUT2D eigenvalue weighted by Gasteiger charge is 2.40. The predicted octanol–water partition coefficient (Wildman–Crippen LogP) is 4.91. The zero-order valence-corrected chi connectivity index (χ0v) is 19.4. The van der Waals surface area contributed by atoms with Crippen LogP contribution in [0.15, 0.2) is 12.2 Å². The van der Waals surface area contributed by atoms with E-state index in [4.69, 9.17) is 14.6 Å². The van der Waals surface area contributed by atoms with Gasteiger partial charge in [-0.25, -0.2) is 0 Å². The van der Waals surface area contributed by atoms with Crippen LogP contribution in [0.5, 0.6) is 0 Å². The maximum Gasteiger partial charge on any atom is 0.114 e. The van der Waals surface area contributed by atoms with E-state index >= 15 is 0 Å². The smallest absolute Gasteiger partial charge is 0.114 e. The van der Waals surface area contributed by atoms with Crippen LogP contribution in [0.2, 0.25) is 0 Å². The summed E-state index contributed by atoms with van der Waals surface area (Å²) >= 11 is 0. The third-order valence-electron chi connectivity index (χ3n) is 5.97. The first-order valence-electron chi connectivity index (χ1n) is 12.6. The Balaban J connectivity index is 1.80. The first kappa shape index (κ1) is 27.6. The van der Waals surface area contributed by atoms with Gasteiger partial charge in [0.2, 0.25) is 0 Å².